The van der Waals surface area contributed by atoms with Gasteiger partial charge >= 0.3 is 5.69 Å². The molecule has 0 bridgehead atoms. The lowest BCUT2D eigenvalue weighted by Gasteiger charge is -1.99. The van der Waals surface area contributed by atoms with Crippen LogP contribution in [0.3, 0.4) is 0 Å². The first-order chi connectivity index (χ1) is 9.11. The number of nitrogens with two attached hydrogens (primary N) is 1. The predicted molar refractivity (Wildman–Crippen MR) is 77.2 cm³/mol. The third-order valence-corrected chi connectivity index (χ3v) is 4.22. The van der Waals surface area contributed by atoms with Crippen molar-refractivity contribution in [3.8, 4) is 10.6 Å². The van der Waals surface area contributed by atoms with Gasteiger partial charge in [0.2, 0.25) is 0 Å². The summed E-state index contributed by atoms with van der Waals surface area (Å²) in [5.74, 6) is 0. The fourth-order valence-electron chi connectivity index (χ4n) is 2.17. The molecular formula is C13H14N4OS. The fraction of sp³-hybridized carbons (Fsp3) is 0.231. The van der Waals surface area contributed by atoms with Crippen LogP contribution >= 0.6 is 11.3 Å². The van der Waals surface area contributed by atoms with Crippen molar-refractivity contribution in [2.75, 3.05) is 0 Å². The molecule has 0 spiro atoms. The van der Waals surface area contributed by atoms with Crippen molar-refractivity contribution in [3.63, 3.8) is 0 Å². The summed E-state index contributed by atoms with van der Waals surface area (Å²) in [5.41, 5.74) is 9.29. The van der Waals surface area contributed by atoms with Crippen molar-refractivity contribution in [2.24, 2.45) is 19.8 Å². The van der Waals surface area contributed by atoms with Crippen LogP contribution in [0.4, 0.5) is 0 Å². The molecule has 0 amide bonds. The number of fused-ring (bicyclic) bond motifs is 1. The maximum absolute atomic E-state index is 11.9. The molecule has 0 unspecified atom stereocenters. The number of thiazole rings is 1. The van der Waals surface area contributed by atoms with Gasteiger partial charge in [0.25, 0.3) is 0 Å². The Morgan fingerprint density at radius 1 is 1.26 bits per heavy atom. The highest BCUT2D eigenvalue weighted by molar-refractivity contribution is 7.13. The molecule has 2 N–H and O–H groups in total. The lowest BCUT2D eigenvalue weighted by Crippen LogP contribution is -2.19. The predicted octanol–water partition coefficient (Wildman–Crippen LogP) is 1.46. The number of nitrogens with zero attached hydrogens (tertiary/aromatic N) is 3. The van der Waals surface area contributed by atoms with Crippen molar-refractivity contribution in [1.82, 2.24) is 14.1 Å². The van der Waals surface area contributed by atoms with E-state index in [1.54, 1.807) is 34.6 Å². The number of aryl methyl sites for hydroxylation is 2. The molecule has 5 nitrogen and oxygen atoms in total. The number of imidazole rings is 1. The first-order valence-electron chi connectivity index (χ1n) is 5.92. The van der Waals surface area contributed by atoms with Crippen LogP contribution in [0.25, 0.3) is 21.6 Å². The minimum Gasteiger partial charge on any atom is -0.325 e. The molecule has 0 aliphatic rings. The van der Waals surface area contributed by atoms with Crippen LogP contribution in [-0.2, 0) is 20.6 Å². The van der Waals surface area contributed by atoms with Gasteiger partial charge in [-0.15, -0.1) is 11.3 Å². The van der Waals surface area contributed by atoms with E-state index in [2.05, 4.69) is 4.98 Å². The van der Waals surface area contributed by atoms with Crippen molar-refractivity contribution in [2.45, 2.75) is 6.54 Å². The number of hydrogen-bond acceptors (Lipinski definition) is 4. The highest BCUT2D eigenvalue weighted by Gasteiger charge is 2.10. The van der Waals surface area contributed by atoms with Gasteiger partial charge < -0.3 is 5.73 Å². The first kappa shape index (κ1) is 12.1. The van der Waals surface area contributed by atoms with E-state index in [4.69, 9.17) is 5.73 Å². The van der Waals surface area contributed by atoms with Gasteiger partial charge in [-0.1, -0.05) is 0 Å². The van der Waals surface area contributed by atoms with E-state index in [0.29, 0.717) is 6.54 Å². The Balaban J connectivity index is 2.21. The second kappa shape index (κ2) is 4.32. The summed E-state index contributed by atoms with van der Waals surface area (Å²) in [4.78, 5) is 16.3. The number of hydrogen-bond donors (Lipinski definition) is 1. The van der Waals surface area contributed by atoms with Gasteiger partial charge in [0.05, 0.1) is 16.7 Å². The van der Waals surface area contributed by atoms with Gasteiger partial charge in [-0.2, -0.15) is 0 Å². The van der Waals surface area contributed by atoms with Crippen LogP contribution in [0.1, 0.15) is 5.69 Å². The Kier molecular flexibility index (Phi) is 2.76. The van der Waals surface area contributed by atoms with E-state index in [1.165, 1.54) is 0 Å². The van der Waals surface area contributed by atoms with E-state index in [1.807, 2.05) is 23.6 Å². The first-order valence-corrected chi connectivity index (χ1v) is 6.80. The summed E-state index contributed by atoms with van der Waals surface area (Å²) < 4.78 is 3.29. The highest BCUT2D eigenvalue weighted by Crippen LogP contribution is 2.26. The molecule has 1 aromatic carbocycles. The van der Waals surface area contributed by atoms with Crippen LogP contribution in [0, 0.1) is 0 Å². The van der Waals surface area contributed by atoms with Gasteiger partial charge in [0, 0.05) is 31.6 Å². The molecule has 3 rings (SSSR count). The molecule has 0 atom stereocenters. The monoisotopic (exact) mass is 274 g/mol. The zero-order chi connectivity index (χ0) is 13.6. The molecule has 2 aromatic heterocycles. The van der Waals surface area contributed by atoms with Crippen LogP contribution in [0.15, 0.2) is 28.4 Å². The smallest absolute Gasteiger partial charge is 0.325 e. The Hall–Kier alpha value is -1.92. The third-order valence-electron chi connectivity index (χ3n) is 3.28. The zero-order valence-corrected chi connectivity index (χ0v) is 11.6. The van der Waals surface area contributed by atoms with Crippen molar-refractivity contribution < 1.29 is 0 Å². The Bertz CT molecular complexity index is 812. The summed E-state index contributed by atoms with van der Waals surface area (Å²) >= 11 is 1.57. The largest absolute Gasteiger partial charge is 0.328 e. The fourth-order valence-corrected chi connectivity index (χ4v) is 3.00. The summed E-state index contributed by atoms with van der Waals surface area (Å²) in [5, 5.41) is 2.89. The molecule has 0 aliphatic heterocycles. The zero-order valence-electron chi connectivity index (χ0n) is 10.8. The molecule has 6 heteroatoms. The molecule has 3 aromatic rings. The second-order valence-corrected chi connectivity index (χ2v) is 5.31. The molecule has 0 saturated heterocycles. The topological polar surface area (TPSA) is 65.8 Å². The van der Waals surface area contributed by atoms with E-state index in [-0.39, 0.29) is 5.69 Å². The molecule has 98 valence electrons. The molecule has 2 heterocycles. The van der Waals surface area contributed by atoms with Crippen LogP contribution < -0.4 is 11.4 Å². The Morgan fingerprint density at radius 3 is 2.68 bits per heavy atom. The second-order valence-electron chi connectivity index (χ2n) is 4.45. The molecular weight excluding hydrogens is 260 g/mol. The van der Waals surface area contributed by atoms with Crippen molar-refractivity contribution in [3.05, 3.63) is 39.8 Å². The van der Waals surface area contributed by atoms with Gasteiger partial charge in [-0.3, -0.25) is 9.13 Å². The summed E-state index contributed by atoms with van der Waals surface area (Å²) in [6.45, 7) is 0.447. The van der Waals surface area contributed by atoms with Gasteiger partial charge in [-0.25, -0.2) is 9.78 Å². The van der Waals surface area contributed by atoms with Crippen LogP contribution in [0.5, 0.6) is 0 Å². The summed E-state index contributed by atoms with van der Waals surface area (Å²) in [7, 11) is 3.56. The average Bonchev–Trinajstić information content (AvgIpc) is 2.99. The van der Waals surface area contributed by atoms with Crippen molar-refractivity contribution >= 4 is 22.4 Å². The Labute approximate surface area is 113 Å². The normalized spacial score (nSPS) is 11.3. The average molecular weight is 274 g/mol. The SMILES string of the molecule is Cn1c(=O)n(C)c2cc(-c3nc(CN)cs3)ccc21. The van der Waals surface area contributed by atoms with E-state index >= 15 is 0 Å². The number of benzene rings is 1. The van der Waals surface area contributed by atoms with Crippen LogP contribution in [-0.4, -0.2) is 14.1 Å². The Morgan fingerprint density at radius 2 is 2.00 bits per heavy atom. The maximum atomic E-state index is 11.9. The van der Waals surface area contributed by atoms with Crippen LogP contribution in [0.2, 0.25) is 0 Å². The number of rotatable bonds is 2. The molecule has 0 saturated carbocycles. The minimum atomic E-state index is -0.0195. The summed E-state index contributed by atoms with van der Waals surface area (Å²) in [6.07, 6.45) is 0. The van der Waals surface area contributed by atoms with Crippen molar-refractivity contribution in [1.29, 1.82) is 0 Å². The van der Waals surface area contributed by atoms with Gasteiger partial charge in [0.15, 0.2) is 0 Å². The molecule has 0 fully saturated rings. The molecule has 0 aliphatic carbocycles. The summed E-state index contributed by atoms with van der Waals surface area (Å²) in [6, 6.07) is 5.94. The van der Waals surface area contributed by atoms with E-state index < -0.39 is 0 Å². The standard InChI is InChI=1S/C13H14N4OS/c1-16-10-4-3-8(5-11(10)17(2)13(16)18)12-15-9(6-14)7-19-12/h3-5,7H,6,14H2,1-2H3. The number of aromatic nitrogens is 3. The lowest BCUT2D eigenvalue weighted by molar-refractivity contribution is 0.795. The highest BCUT2D eigenvalue weighted by atomic mass is 32.1. The maximum Gasteiger partial charge on any atom is 0.328 e. The minimum absolute atomic E-state index is 0.0195. The van der Waals surface area contributed by atoms with E-state index in [9.17, 15) is 4.79 Å². The van der Waals surface area contributed by atoms with Gasteiger partial charge in [-0.05, 0) is 18.2 Å². The van der Waals surface area contributed by atoms with Gasteiger partial charge in [0.1, 0.15) is 5.01 Å². The lowest BCUT2D eigenvalue weighted by atomic mass is 10.2. The van der Waals surface area contributed by atoms with E-state index in [0.717, 1.165) is 27.3 Å². The molecule has 0 radical (unpaired) electrons. The third kappa shape index (κ3) is 1.80. The molecule has 19 heavy (non-hydrogen) atoms. The quantitative estimate of drug-likeness (QED) is 0.769.